The SMILES string of the molecule is Cc1ccc(C(C)N(C)CC(=O)NCC(=O)O)cc1. The molecule has 0 aliphatic carbocycles. The number of hydrogen-bond acceptors (Lipinski definition) is 3. The van der Waals surface area contributed by atoms with Crippen LogP contribution in [0.25, 0.3) is 0 Å². The second kappa shape index (κ2) is 6.89. The van der Waals surface area contributed by atoms with Gasteiger partial charge in [-0.05, 0) is 26.5 Å². The number of carbonyl (C=O) groups is 2. The van der Waals surface area contributed by atoms with E-state index < -0.39 is 5.97 Å². The monoisotopic (exact) mass is 264 g/mol. The Hall–Kier alpha value is -1.88. The first-order chi connectivity index (χ1) is 8.90. The average Bonchev–Trinajstić information content (AvgIpc) is 2.36. The van der Waals surface area contributed by atoms with Crippen LogP contribution in [-0.2, 0) is 9.59 Å². The minimum atomic E-state index is -1.04. The van der Waals surface area contributed by atoms with E-state index in [1.807, 2.05) is 50.1 Å². The van der Waals surface area contributed by atoms with E-state index in [9.17, 15) is 9.59 Å². The molecule has 0 aliphatic rings. The van der Waals surface area contributed by atoms with Gasteiger partial charge in [0.15, 0.2) is 0 Å². The number of carboxylic acid groups (broad SMARTS) is 1. The predicted molar refractivity (Wildman–Crippen MR) is 72.9 cm³/mol. The van der Waals surface area contributed by atoms with Crippen LogP contribution in [-0.4, -0.2) is 42.0 Å². The van der Waals surface area contributed by atoms with Crippen LogP contribution in [0, 0.1) is 6.92 Å². The molecule has 1 aromatic rings. The van der Waals surface area contributed by atoms with Gasteiger partial charge in [0.1, 0.15) is 6.54 Å². The Labute approximate surface area is 113 Å². The van der Waals surface area contributed by atoms with Gasteiger partial charge in [-0.25, -0.2) is 0 Å². The molecule has 1 amide bonds. The highest BCUT2D eigenvalue weighted by molar-refractivity contribution is 5.82. The summed E-state index contributed by atoms with van der Waals surface area (Å²) >= 11 is 0. The van der Waals surface area contributed by atoms with E-state index in [4.69, 9.17) is 5.11 Å². The van der Waals surface area contributed by atoms with Crippen molar-refractivity contribution in [2.75, 3.05) is 20.1 Å². The van der Waals surface area contributed by atoms with Crippen LogP contribution >= 0.6 is 0 Å². The summed E-state index contributed by atoms with van der Waals surface area (Å²) in [6, 6.07) is 8.22. The summed E-state index contributed by atoms with van der Waals surface area (Å²) in [7, 11) is 1.84. The second-order valence-corrected chi connectivity index (χ2v) is 4.67. The first kappa shape index (κ1) is 15.2. The smallest absolute Gasteiger partial charge is 0.322 e. The van der Waals surface area contributed by atoms with E-state index in [0.29, 0.717) is 0 Å². The maximum absolute atomic E-state index is 11.5. The average molecular weight is 264 g/mol. The molecule has 0 spiro atoms. The Bertz CT molecular complexity index is 443. The van der Waals surface area contributed by atoms with E-state index in [1.54, 1.807) is 0 Å². The van der Waals surface area contributed by atoms with Gasteiger partial charge in [-0.2, -0.15) is 0 Å². The Balaban J connectivity index is 2.52. The molecule has 0 saturated heterocycles. The number of nitrogens with one attached hydrogen (secondary N) is 1. The van der Waals surface area contributed by atoms with Crippen molar-refractivity contribution in [2.45, 2.75) is 19.9 Å². The molecule has 2 N–H and O–H groups in total. The Morgan fingerprint density at radius 2 is 1.89 bits per heavy atom. The number of aliphatic carboxylic acids is 1. The number of rotatable bonds is 6. The lowest BCUT2D eigenvalue weighted by Gasteiger charge is -2.24. The molecule has 1 aromatic carbocycles. The van der Waals surface area contributed by atoms with Crippen molar-refractivity contribution < 1.29 is 14.7 Å². The summed E-state index contributed by atoms with van der Waals surface area (Å²) in [5, 5.41) is 10.8. The second-order valence-electron chi connectivity index (χ2n) is 4.67. The van der Waals surface area contributed by atoms with Crippen LogP contribution < -0.4 is 5.32 Å². The number of carboxylic acids is 1. The molecule has 0 aromatic heterocycles. The van der Waals surface area contributed by atoms with Crippen molar-refractivity contribution in [3.8, 4) is 0 Å². The van der Waals surface area contributed by atoms with Gasteiger partial charge in [-0.3, -0.25) is 14.5 Å². The fourth-order valence-corrected chi connectivity index (χ4v) is 1.69. The minimum Gasteiger partial charge on any atom is -0.480 e. The van der Waals surface area contributed by atoms with Crippen molar-refractivity contribution in [1.82, 2.24) is 10.2 Å². The molecule has 0 fully saturated rings. The number of amides is 1. The molecule has 0 bridgehead atoms. The first-order valence-electron chi connectivity index (χ1n) is 6.15. The maximum Gasteiger partial charge on any atom is 0.322 e. The third-order valence-corrected chi connectivity index (χ3v) is 3.05. The molecule has 1 atom stereocenters. The Kier molecular flexibility index (Phi) is 5.51. The van der Waals surface area contributed by atoms with Gasteiger partial charge in [-0.1, -0.05) is 29.8 Å². The molecule has 104 valence electrons. The molecule has 5 nitrogen and oxygen atoms in total. The summed E-state index contributed by atoms with van der Waals surface area (Å²) in [6.07, 6.45) is 0. The van der Waals surface area contributed by atoms with Crippen molar-refractivity contribution in [3.05, 3.63) is 35.4 Å². The van der Waals surface area contributed by atoms with Crippen LogP contribution in [0.2, 0.25) is 0 Å². The van der Waals surface area contributed by atoms with Gasteiger partial charge in [0, 0.05) is 6.04 Å². The van der Waals surface area contributed by atoms with Gasteiger partial charge >= 0.3 is 5.97 Å². The number of likely N-dealkylation sites (N-methyl/N-ethyl adjacent to an activating group) is 1. The Morgan fingerprint density at radius 1 is 1.32 bits per heavy atom. The zero-order valence-corrected chi connectivity index (χ0v) is 11.5. The van der Waals surface area contributed by atoms with E-state index in [1.165, 1.54) is 5.56 Å². The molecule has 5 heteroatoms. The largest absolute Gasteiger partial charge is 0.480 e. The molecular formula is C14H20N2O3. The van der Waals surface area contributed by atoms with E-state index >= 15 is 0 Å². The zero-order valence-electron chi connectivity index (χ0n) is 11.5. The number of carbonyl (C=O) groups excluding carboxylic acids is 1. The lowest BCUT2D eigenvalue weighted by atomic mass is 10.1. The molecular weight excluding hydrogens is 244 g/mol. The highest BCUT2D eigenvalue weighted by Gasteiger charge is 2.15. The van der Waals surface area contributed by atoms with Crippen molar-refractivity contribution in [2.24, 2.45) is 0 Å². The van der Waals surface area contributed by atoms with Crippen molar-refractivity contribution in [1.29, 1.82) is 0 Å². The quantitative estimate of drug-likeness (QED) is 0.809. The van der Waals surface area contributed by atoms with E-state index in [-0.39, 0.29) is 25.0 Å². The molecule has 0 aliphatic heterocycles. The van der Waals surface area contributed by atoms with Gasteiger partial charge in [0.05, 0.1) is 6.54 Å². The predicted octanol–water partition coefficient (Wildman–Crippen LogP) is 1.19. The van der Waals surface area contributed by atoms with Crippen LogP contribution in [0.5, 0.6) is 0 Å². The van der Waals surface area contributed by atoms with Crippen molar-refractivity contribution >= 4 is 11.9 Å². The normalized spacial score (nSPS) is 12.2. The number of benzene rings is 1. The van der Waals surface area contributed by atoms with Crippen LogP contribution in [0.4, 0.5) is 0 Å². The third-order valence-electron chi connectivity index (χ3n) is 3.05. The first-order valence-corrected chi connectivity index (χ1v) is 6.15. The van der Waals surface area contributed by atoms with Gasteiger partial charge in [0.2, 0.25) is 5.91 Å². The third kappa shape index (κ3) is 5.09. The fraction of sp³-hybridized carbons (Fsp3) is 0.429. The highest BCUT2D eigenvalue weighted by atomic mass is 16.4. The Morgan fingerprint density at radius 3 is 2.42 bits per heavy atom. The van der Waals surface area contributed by atoms with Crippen LogP contribution in [0.3, 0.4) is 0 Å². The standard InChI is InChI=1S/C14H20N2O3/c1-10-4-6-12(7-5-10)11(2)16(3)9-13(17)15-8-14(18)19/h4-7,11H,8-9H2,1-3H3,(H,15,17)(H,18,19). The van der Waals surface area contributed by atoms with Crippen LogP contribution in [0.1, 0.15) is 24.1 Å². The van der Waals surface area contributed by atoms with Crippen molar-refractivity contribution in [3.63, 3.8) is 0 Å². The lowest BCUT2D eigenvalue weighted by Crippen LogP contribution is -2.38. The molecule has 1 rings (SSSR count). The summed E-state index contributed by atoms with van der Waals surface area (Å²) < 4.78 is 0. The summed E-state index contributed by atoms with van der Waals surface area (Å²) in [4.78, 5) is 23.8. The van der Waals surface area contributed by atoms with Crippen LogP contribution in [0.15, 0.2) is 24.3 Å². The molecule has 1 unspecified atom stereocenters. The lowest BCUT2D eigenvalue weighted by molar-refractivity contribution is -0.138. The number of nitrogens with zero attached hydrogens (tertiary/aromatic N) is 1. The van der Waals surface area contributed by atoms with E-state index in [0.717, 1.165) is 5.56 Å². The number of hydrogen-bond donors (Lipinski definition) is 2. The fourth-order valence-electron chi connectivity index (χ4n) is 1.69. The van der Waals surface area contributed by atoms with E-state index in [2.05, 4.69) is 5.32 Å². The number of aryl methyl sites for hydroxylation is 1. The summed E-state index contributed by atoms with van der Waals surface area (Å²) in [5.41, 5.74) is 2.32. The van der Waals surface area contributed by atoms with Gasteiger partial charge in [0.25, 0.3) is 0 Å². The summed E-state index contributed by atoms with van der Waals surface area (Å²) in [5.74, 6) is -1.33. The molecule has 19 heavy (non-hydrogen) atoms. The topological polar surface area (TPSA) is 69.6 Å². The van der Waals surface area contributed by atoms with Gasteiger partial charge in [-0.15, -0.1) is 0 Å². The van der Waals surface area contributed by atoms with Gasteiger partial charge < -0.3 is 10.4 Å². The minimum absolute atomic E-state index is 0.0937. The zero-order chi connectivity index (χ0) is 14.4. The maximum atomic E-state index is 11.5. The molecule has 0 radical (unpaired) electrons. The molecule has 0 saturated carbocycles. The molecule has 0 heterocycles. The summed E-state index contributed by atoms with van der Waals surface area (Å²) in [6.45, 7) is 3.86. The highest BCUT2D eigenvalue weighted by Crippen LogP contribution is 2.18.